The van der Waals surface area contributed by atoms with Crippen molar-refractivity contribution in [1.82, 2.24) is 0 Å². The van der Waals surface area contributed by atoms with Gasteiger partial charge in [-0.05, 0) is 32.0 Å². The summed E-state index contributed by atoms with van der Waals surface area (Å²) in [6.45, 7) is 3.19. The number of carbonyl (C=O) groups is 3. The summed E-state index contributed by atoms with van der Waals surface area (Å²) >= 11 is 0. The van der Waals surface area contributed by atoms with Gasteiger partial charge in [-0.2, -0.15) is 0 Å². The van der Waals surface area contributed by atoms with E-state index in [4.69, 9.17) is 9.47 Å². The fourth-order valence-corrected chi connectivity index (χ4v) is 4.11. The maximum Gasteiger partial charge on any atom is 0.241 e. The maximum atomic E-state index is 13.1. The van der Waals surface area contributed by atoms with Crippen LogP contribution in [0.1, 0.15) is 24.2 Å². The Morgan fingerprint density at radius 3 is 2.77 bits per heavy atom. The lowest BCUT2D eigenvalue weighted by molar-refractivity contribution is -0.128. The Morgan fingerprint density at radius 1 is 1.35 bits per heavy atom. The zero-order valence-electron chi connectivity index (χ0n) is 14.5. The van der Waals surface area contributed by atoms with Gasteiger partial charge >= 0.3 is 0 Å². The minimum Gasteiger partial charge on any atom is -0.492 e. The van der Waals surface area contributed by atoms with Gasteiger partial charge in [-0.25, -0.2) is 4.90 Å². The van der Waals surface area contributed by atoms with Crippen molar-refractivity contribution in [2.24, 2.45) is 11.8 Å². The van der Waals surface area contributed by atoms with Crippen LogP contribution in [0.2, 0.25) is 0 Å². The highest BCUT2D eigenvalue weighted by Crippen LogP contribution is 2.53. The molecular weight excluding hydrogens is 338 g/mol. The summed E-state index contributed by atoms with van der Waals surface area (Å²) in [5, 5.41) is 9.78. The molecule has 1 N–H and O–H groups in total. The molecule has 136 valence electrons. The van der Waals surface area contributed by atoms with E-state index < -0.39 is 35.4 Å². The number of fused-ring (bicyclic) bond motifs is 5. The Hall–Kier alpha value is -2.51. The first-order chi connectivity index (χ1) is 12.4. The van der Waals surface area contributed by atoms with Crippen LogP contribution in [-0.2, 0) is 14.3 Å². The Labute approximate surface area is 150 Å². The second kappa shape index (κ2) is 5.75. The van der Waals surface area contributed by atoms with Crippen LogP contribution in [0.5, 0.6) is 5.75 Å². The number of imide groups is 1. The SMILES string of the molecule is CCOc1ccc(C(C)=O)cc1N1C(=O)[C@@H]2[C@@H](C1=O)[C@@]1(CO)C=C[C@H]2O1. The predicted octanol–water partition coefficient (Wildman–Crippen LogP) is 1.09. The van der Waals surface area contributed by atoms with E-state index in [1.165, 1.54) is 13.0 Å². The molecule has 7 heteroatoms. The number of aliphatic hydroxyl groups excluding tert-OH is 1. The molecule has 1 aromatic carbocycles. The van der Waals surface area contributed by atoms with Gasteiger partial charge in [0.25, 0.3) is 0 Å². The lowest BCUT2D eigenvalue weighted by Crippen LogP contribution is -2.43. The lowest BCUT2D eigenvalue weighted by atomic mass is 9.77. The number of aliphatic hydroxyl groups is 1. The van der Waals surface area contributed by atoms with Gasteiger partial charge in [-0.3, -0.25) is 14.4 Å². The smallest absolute Gasteiger partial charge is 0.241 e. The third-order valence-electron chi connectivity index (χ3n) is 5.31. The summed E-state index contributed by atoms with van der Waals surface area (Å²) < 4.78 is 11.3. The minimum atomic E-state index is -1.15. The Balaban J connectivity index is 1.80. The first kappa shape index (κ1) is 16.9. The van der Waals surface area contributed by atoms with Crippen LogP contribution in [0.3, 0.4) is 0 Å². The summed E-state index contributed by atoms with van der Waals surface area (Å²) in [6.07, 6.45) is 2.87. The highest BCUT2D eigenvalue weighted by atomic mass is 16.5. The van der Waals surface area contributed by atoms with Crippen molar-refractivity contribution in [3.63, 3.8) is 0 Å². The molecule has 3 aliphatic heterocycles. The number of benzene rings is 1. The standard InChI is InChI=1S/C19H19NO6/c1-3-25-13-5-4-11(10(2)22)8-12(13)20-17(23)15-14-6-7-19(9-21,26-14)16(15)18(20)24/h4-8,14-16,21H,3,9H2,1-2H3/t14-,15+,16+,19+/m1/s1. The fourth-order valence-electron chi connectivity index (χ4n) is 4.11. The molecule has 2 amide bonds. The zero-order chi connectivity index (χ0) is 18.6. The van der Waals surface area contributed by atoms with E-state index in [-0.39, 0.29) is 18.1 Å². The molecule has 0 unspecified atom stereocenters. The highest BCUT2D eigenvalue weighted by molar-refractivity contribution is 6.24. The Kier molecular flexibility index (Phi) is 3.75. The van der Waals surface area contributed by atoms with Gasteiger partial charge in [-0.15, -0.1) is 0 Å². The number of hydrogen-bond donors (Lipinski definition) is 1. The number of anilines is 1. The summed E-state index contributed by atoms with van der Waals surface area (Å²) in [5.74, 6) is -2.10. The predicted molar refractivity (Wildman–Crippen MR) is 90.9 cm³/mol. The van der Waals surface area contributed by atoms with Crippen molar-refractivity contribution >= 4 is 23.3 Å². The van der Waals surface area contributed by atoms with Crippen molar-refractivity contribution in [3.8, 4) is 5.75 Å². The molecule has 0 spiro atoms. The van der Waals surface area contributed by atoms with Crippen molar-refractivity contribution < 1.29 is 29.0 Å². The number of ether oxygens (including phenoxy) is 2. The van der Waals surface area contributed by atoms with E-state index in [9.17, 15) is 19.5 Å². The van der Waals surface area contributed by atoms with Gasteiger partial charge in [0.1, 0.15) is 11.4 Å². The van der Waals surface area contributed by atoms with E-state index in [1.807, 2.05) is 0 Å². The monoisotopic (exact) mass is 357 g/mol. The van der Waals surface area contributed by atoms with Crippen LogP contribution in [0.4, 0.5) is 5.69 Å². The normalized spacial score (nSPS) is 31.7. The zero-order valence-corrected chi connectivity index (χ0v) is 14.5. The molecule has 2 fully saturated rings. The highest BCUT2D eigenvalue weighted by Gasteiger charge is 2.67. The molecule has 3 heterocycles. The average Bonchev–Trinajstić information content (AvgIpc) is 3.27. The van der Waals surface area contributed by atoms with E-state index in [0.717, 1.165) is 4.90 Å². The quantitative estimate of drug-likeness (QED) is 0.482. The van der Waals surface area contributed by atoms with Gasteiger partial charge < -0.3 is 14.6 Å². The third kappa shape index (κ3) is 2.10. The molecule has 3 aliphatic rings. The van der Waals surface area contributed by atoms with Crippen LogP contribution in [0, 0.1) is 11.8 Å². The molecule has 26 heavy (non-hydrogen) atoms. The van der Waals surface area contributed by atoms with Gasteiger partial charge in [0.05, 0.1) is 36.8 Å². The van der Waals surface area contributed by atoms with Crippen LogP contribution in [0.25, 0.3) is 0 Å². The average molecular weight is 357 g/mol. The van der Waals surface area contributed by atoms with Crippen LogP contribution < -0.4 is 9.64 Å². The van der Waals surface area contributed by atoms with E-state index in [0.29, 0.717) is 17.9 Å². The Morgan fingerprint density at radius 2 is 2.12 bits per heavy atom. The molecule has 2 saturated heterocycles. The van der Waals surface area contributed by atoms with Crippen molar-refractivity contribution in [3.05, 3.63) is 35.9 Å². The first-order valence-corrected chi connectivity index (χ1v) is 8.57. The van der Waals surface area contributed by atoms with Crippen molar-refractivity contribution in [2.75, 3.05) is 18.1 Å². The maximum absolute atomic E-state index is 13.1. The number of ketones is 1. The topological polar surface area (TPSA) is 93.1 Å². The molecule has 0 radical (unpaired) electrons. The molecule has 1 aromatic rings. The second-order valence-corrected chi connectivity index (χ2v) is 6.74. The van der Waals surface area contributed by atoms with Gasteiger partial charge in [-0.1, -0.05) is 12.2 Å². The van der Waals surface area contributed by atoms with Crippen LogP contribution in [-0.4, -0.2) is 47.6 Å². The van der Waals surface area contributed by atoms with Crippen LogP contribution in [0.15, 0.2) is 30.4 Å². The van der Waals surface area contributed by atoms with Gasteiger partial charge in [0.2, 0.25) is 11.8 Å². The number of hydrogen-bond acceptors (Lipinski definition) is 6. The third-order valence-corrected chi connectivity index (χ3v) is 5.31. The molecule has 0 saturated carbocycles. The first-order valence-electron chi connectivity index (χ1n) is 8.57. The number of Topliss-reactive ketones (excluding diaryl/α,β-unsaturated/α-hetero) is 1. The molecule has 4 rings (SSSR count). The minimum absolute atomic E-state index is 0.175. The van der Waals surface area contributed by atoms with Gasteiger partial charge in [0, 0.05) is 5.56 Å². The fraction of sp³-hybridized carbons (Fsp3) is 0.421. The summed E-state index contributed by atoms with van der Waals surface area (Å²) in [7, 11) is 0. The number of rotatable bonds is 5. The molecule has 2 bridgehead atoms. The van der Waals surface area contributed by atoms with Gasteiger partial charge in [0.15, 0.2) is 5.78 Å². The molecule has 4 atom stereocenters. The summed E-state index contributed by atoms with van der Waals surface area (Å²) in [4.78, 5) is 39.0. The summed E-state index contributed by atoms with van der Waals surface area (Å²) in [5.41, 5.74) is -0.507. The lowest BCUT2D eigenvalue weighted by Gasteiger charge is -2.27. The molecule has 0 aromatic heterocycles. The van der Waals surface area contributed by atoms with Crippen LogP contribution >= 0.6 is 0 Å². The van der Waals surface area contributed by atoms with E-state index in [2.05, 4.69) is 0 Å². The summed E-state index contributed by atoms with van der Waals surface area (Å²) in [6, 6.07) is 4.70. The number of nitrogens with zero attached hydrogens (tertiary/aromatic N) is 1. The van der Waals surface area contributed by atoms with E-state index >= 15 is 0 Å². The number of carbonyl (C=O) groups excluding carboxylic acids is 3. The van der Waals surface area contributed by atoms with E-state index in [1.54, 1.807) is 31.2 Å². The molecular formula is C19H19NO6. The Bertz CT molecular complexity index is 846. The number of amides is 2. The largest absolute Gasteiger partial charge is 0.492 e. The van der Waals surface area contributed by atoms with Crippen molar-refractivity contribution in [2.45, 2.75) is 25.6 Å². The molecule has 0 aliphatic carbocycles. The van der Waals surface area contributed by atoms with Crippen molar-refractivity contribution in [1.29, 1.82) is 0 Å². The second-order valence-electron chi connectivity index (χ2n) is 6.74. The molecule has 7 nitrogen and oxygen atoms in total.